The highest BCUT2D eigenvalue weighted by molar-refractivity contribution is 5.83. The predicted molar refractivity (Wildman–Crippen MR) is 85.0 cm³/mol. The minimum Gasteiger partial charge on any atom is -0.494 e. The van der Waals surface area contributed by atoms with Crippen LogP contribution in [-0.2, 0) is 9.59 Å². The molecule has 122 valence electrons. The Labute approximate surface area is 131 Å². The quantitative estimate of drug-likeness (QED) is 0.724. The van der Waals surface area contributed by atoms with Crippen molar-refractivity contribution in [2.45, 2.75) is 46.6 Å². The molecule has 0 saturated carbocycles. The Bertz CT molecular complexity index is 525. The SMILES string of the molecule is Cc1ccc(OCCCC(=O)N[C@@H](C(=O)O)C(C)C)cc1C. The molecule has 1 atom stereocenters. The van der Waals surface area contributed by atoms with Crippen molar-refractivity contribution >= 4 is 11.9 Å². The first kappa shape index (κ1) is 18.0. The number of rotatable bonds is 8. The van der Waals surface area contributed by atoms with Gasteiger partial charge in [0, 0.05) is 6.42 Å². The fourth-order valence-corrected chi connectivity index (χ4v) is 1.99. The number of ether oxygens (including phenoxy) is 1. The van der Waals surface area contributed by atoms with Gasteiger partial charge in [-0.05, 0) is 49.4 Å². The van der Waals surface area contributed by atoms with Crippen molar-refractivity contribution in [1.29, 1.82) is 0 Å². The highest BCUT2D eigenvalue weighted by Crippen LogP contribution is 2.16. The van der Waals surface area contributed by atoms with Gasteiger partial charge in [0.1, 0.15) is 11.8 Å². The molecule has 1 aromatic carbocycles. The van der Waals surface area contributed by atoms with Crippen LogP contribution in [0.25, 0.3) is 0 Å². The van der Waals surface area contributed by atoms with Gasteiger partial charge in [-0.2, -0.15) is 0 Å². The van der Waals surface area contributed by atoms with Crippen molar-refractivity contribution in [3.8, 4) is 5.75 Å². The van der Waals surface area contributed by atoms with Crippen LogP contribution in [-0.4, -0.2) is 29.6 Å². The zero-order chi connectivity index (χ0) is 16.7. The van der Waals surface area contributed by atoms with Gasteiger partial charge in [0.15, 0.2) is 0 Å². The molecule has 0 aromatic heterocycles. The zero-order valence-electron chi connectivity index (χ0n) is 13.7. The summed E-state index contributed by atoms with van der Waals surface area (Å²) in [6.45, 7) is 8.02. The molecule has 5 nitrogen and oxygen atoms in total. The second-order valence-corrected chi connectivity index (χ2v) is 5.83. The van der Waals surface area contributed by atoms with Crippen molar-refractivity contribution in [1.82, 2.24) is 5.32 Å². The summed E-state index contributed by atoms with van der Waals surface area (Å²) >= 11 is 0. The summed E-state index contributed by atoms with van der Waals surface area (Å²) < 4.78 is 5.60. The molecule has 0 aliphatic rings. The van der Waals surface area contributed by atoms with Crippen molar-refractivity contribution < 1.29 is 19.4 Å². The Morgan fingerprint density at radius 1 is 1.23 bits per heavy atom. The predicted octanol–water partition coefficient (Wildman–Crippen LogP) is 2.69. The summed E-state index contributed by atoms with van der Waals surface area (Å²) in [6.07, 6.45) is 0.796. The maximum atomic E-state index is 11.7. The molecule has 0 unspecified atom stereocenters. The number of hydrogen-bond donors (Lipinski definition) is 2. The number of amides is 1. The Morgan fingerprint density at radius 2 is 1.91 bits per heavy atom. The Kier molecular flexibility index (Phi) is 6.89. The Hall–Kier alpha value is -2.04. The molecule has 1 aromatic rings. The summed E-state index contributed by atoms with van der Waals surface area (Å²) in [5, 5.41) is 11.6. The highest BCUT2D eigenvalue weighted by Gasteiger charge is 2.22. The van der Waals surface area contributed by atoms with E-state index in [9.17, 15) is 9.59 Å². The number of benzene rings is 1. The van der Waals surface area contributed by atoms with E-state index >= 15 is 0 Å². The smallest absolute Gasteiger partial charge is 0.326 e. The monoisotopic (exact) mass is 307 g/mol. The number of carbonyl (C=O) groups is 2. The van der Waals surface area contributed by atoms with Crippen molar-refractivity contribution in [2.24, 2.45) is 5.92 Å². The van der Waals surface area contributed by atoms with Gasteiger partial charge in [0.2, 0.25) is 5.91 Å². The van der Waals surface area contributed by atoms with E-state index < -0.39 is 12.0 Å². The average Bonchev–Trinajstić information content (AvgIpc) is 2.44. The zero-order valence-corrected chi connectivity index (χ0v) is 13.7. The lowest BCUT2D eigenvalue weighted by Crippen LogP contribution is -2.44. The summed E-state index contributed by atoms with van der Waals surface area (Å²) in [5.41, 5.74) is 2.37. The van der Waals surface area contributed by atoms with Crippen LogP contribution in [0.3, 0.4) is 0 Å². The number of carboxylic acid groups (broad SMARTS) is 1. The van der Waals surface area contributed by atoms with Crippen LogP contribution in [0.2, 0.25) is 0 Å². The van der Waals surface area contributed by atoms with E-state index in [1.54, 1.807) is 13.8 Å². The van der Waals surface area contributed by atoms with Crippen LogP contribution in [0.5, 0.6) is 5.75 Å². The maximum Gasteiger partial charge on any atom is 0.326 e. The lowest BCUT2D eigenvalue weighted by Gasteiger charge is -2.17. The first-order chi connectivity index (χ1) is 10.3. The molecule has 1 amide bonds. The molecule has 22 heavy (non-hydrogen) atoms. The van der Waals surface area contributed by atoms with Crippen LogP contribution in [0.15, 0.2) is 18.2 Å². The van der Waals surface area contributed by atoms with Gasteiger partial charge in [-0.1, -0.05) is 19.9 Å². The molecule has 0 heterocycles. The molecule has 0 bridgehead atoms. The number of carbonyl (C=O) groups excluding carboxylic acids is 1. The largest absolute Gasteiger partial charge is 0.494 e. The molecule has 2 N–H and O–H groups in total. The Balaban J connectivity index is 2.33. The standard InChI is InChI=1S/C17H25NO4/c1-11(2)16(17(20)21)18-15(19)6-5-9-22-14-8-7-12(3)13(4)10-14/h7-8,10-11,16H,5-6,9H2,1-4H3,(H,18,19)(H,20,21)/t16-/m1/s1. The fourth-order valence-electron chi connectivity index (χ4n) is 1.99. The molecule has 0 aliphatic carbocycles. The van der Waals surface area contributed by atoms with Gasteiger partial charge < -0.3 is 15.2 Å². The molecule has 0 spiro atoms. The highest BCUT2D eigenvalue weighted by atomic mass is 16.5. The van der Waals surface area contributed by atoms with E-state index in [-0.39, 0.29) is 18.2 Å². The lowest BCUT2D eigenvalue weighted by atomic mass is 10.0. The van der Waals surface area contributed by atoms with Gasteiger partial charge >= 0.3 is 5.97 Å². The van der Waals surface area contributed by atoms with Gasteiger partial charge in [0.05, 0.1) is 6.61 Å². The van der Waals surface area contributed by atoms with Crippen LogP contribution < -0.4 is 10.1 Å². The van der Waals surface area contributed by atoms with Crippen LogP contribution in [0.1, 0.15) is 37.8 Å². The third kappa shape index (κ3) is 5.76. The fraction of sp³-hybridized carbons (Fsp3) is 0.529. The minimum absolute atomic E-state index is 0.145. The molecular weight excluding hydrogens is 282 g/mol. The van der Waals surface area contributed by atoms with Crippen LogP contribution in [0.4, 0.5) is 0 Å². The third-order valence-electron chi connectivity index (χ3n) is 3.54. The summed E-state index contributed by atoms with van der Waals surface area (Å²) in [5.74, 6) is -0.623. The van der Waals surface area contributed by atoms with Crippen LogP contribution >= 0.6 is 0 Å². The van der Waals surface area contributed by atoms with Gasteiger partial charge in [-0.3, -0.25) is 4.79 Å². The third-order valence-corrected chi connectivity index (χ3v) is 3.54. The number of hydrogen-bond acceptors (Lipinski definition) is 3. The lowest BCUT2D eigenvalue weighted by molar-refractivity contribution is -0.143. The number of aliphatic carboxylic acids is 1. The van der Waals surface area contributed by atoms with E-state index in [0.717, 1.165) is 11.3 Å². The van der Waals surface area contributed by atoms with Crippen molar-refractivity contribution in [2.75, 3.05) is 6.61 Å². The van der Waals surface area contributed by atoms with Gasteiger partial charge in [-0.25, -0.2) is 4.79 Å². The van der Waals surface area contributed by atoms with Crippen LogP contribution in [0, 0.1) is 19.8 Å². The molecule has 0 aliphatic heterocycles. The van der Waals surface area contributed by atoms with Gasteiger partial charge in [0.25, 0.3) is 0 Å². The van der Waals surface area contributed by atoms with E-state index in [0.29, 0.717) is 13.0 Å². The van der Waals surface area contributed by atoms with E-state index in [4.69, 9.17) is 9.84 Å². The maximum absolute atomic E-state index is 11.7. The second-order valence-electron chi connectivity index (χ2n) is 5.83. The molecule has 0 fully saturated rings. The number of nitrogens with one attached hydrogen (secondary N) is 1. The average molecular weight is 307 g/mol. The molecule has 1 rings (SSSR count). The topological polar surface area (TPSA) is 75.6 Å². The van der Waals surface area contributed by atoms with E-state index in [1.807, 2.05) is 32.0 Å². The van der Waals surface area contributed by atoms with Crippen molar-refractivity contribution in [3.63, 3.8) is 0 Å². The number of carboxylic acids is 1. The van der Waals surface area contributed by atoms with E-state index in [2.05, 4.69) is 5.32 Å². The van der Waals surface area contributed by atoms with E-state index in [1.165, 1.54) is 5.56 Å². The molecule has 5 heteroatoms. The van der Waals surface area contributed by atoms with Gasteiger partial charge in [-0.15, -0.1) is 0 Å². The second kappa shape index (κ2) is 8.41. The number of aryl methyl sites for hydroxylation is 2. The van der Waals surface area contributed by atoms with Crippen molar-refractivity contribution in [3.05, 3.63) is 29.3 Å². The molecular formula is C17H25NO4. The first-order valence-corrected chi connectivity index (χ1v) is 7.53. The molecule has 0 saturated heterocycles. The summed E-state index contributed by atoms with van der Waals surface area (Å²) in [7, 11) is 0. The normalized spacial score (nSPS) is 12.0. The Morgan fingerprint density at radius 3 is 2.45 bits per heavy atom. The first-order valence-electron chi connectivity index (χ1n) is 7.53. The minimum atomic E-state index is -1.00. The summed E-state index contributed by atoms with van der Waals surface area (Å²) in [6, 6.07) is 5.03. The summed E-state index contributed by atoms with van der Waals surface area (Å²) in [4.78, 5) is 22.8. The molecule has 0 radical (unpaired) electrons.